The molecule has 0 atom stereocenters. The van der Waals surface area contributed by atoms with Gasteiger partial charge in [0.05, 0.1) is 6.54 Å². The molecule has 132 valence electrons. The lowest BCUT2D eigenvalue weighted by Gasteiger charge is -2.11. The number of anilines is 1. The summed E-state index contributed by atoms with van der Waals surface area (Å²) in [6.45, 7) is 4.66. The molecular weight excluding hydrogens is 326 g/mol. The zero-order valence-electron chi connectivity index (χ0n) is 14.9. The molecule has 0 amide bonds. The predicted molar refractivity (Wildman–Crippen MR) is 103 cm³/mol. The maximum Gasteiger partial charge on any atom is 0.161 e. The van der Waals surface area contributed by atoms with E-state index >= 15 is 0 Å². The lowest BCUT2D eigenvalue weighted by molar-refractivity contribution is 0.101. The maximum absolute atomic E-state index is 11.6. The highest BCUT2D eigenvalue weighted by atomic mass is 16.5. The zero-order chi connectivity index (χ0) is 18.4. The van der Waals surface area contributed by atoms with Gasteiger partial charge in [0.1, 0.15) is 18.2 Å². The number of hydrogen-bond donors (Lipinski definition) is 1. The fourth-order valence-corrected chi connectivity index (χ4v) is 2.49. The van der Waals surface area contributed by atoms with Gasteiger partial charge in [-0.15, -0.1) is 0 Å². The normalized spacial score (nSPS) is 10.4. The van der Waals surface area contributed by atoms with Crippen molar-refractivity contribution < 1.29 is 9.53 Å². The van der Waals surface area contributed by atoms with Gasteiger partial charge in [-0.1, -0.05) is 36.4 Å². The number of benzene rings is 2. The molecule has 5 heteroatoms. The Bertz CT molecular complexity index is 895. The van der Waals surface area contributed by atoms with Gasteiger partial charge in [-0.3, -0.25) is 4.79 Å². The van der Waals surface area contributed by atoms with Crippen LogP contribution in [-0.2, 0) is 0 Å². The standard InChI is InChI=1S/C21H21N3O2/c1-15-14-23-21(18-8-6-7-17(13-18)16(2)25)24-20(15)22-11-12-26-19-9-4-3-5-10-19/h3-10,13-14H,11-12H2,1-2H3,(H,22,23,24). The third-order valence-corrected chi connectivity index (χ3v) is 3.91. The molecule has 0 unspecified atom stereocenters. The topological polar surface area (TPSA) is 64.1 Å². The number of hydrogen-bond acceptors (Lipinski definition) is 5. The van der Waals surface area contributed by atoms with E-state index < -0.39 is 0 Å². The first kappa shape index (κ1) is 17.6. The Balaban J connectivity index is 1.68. The van der Waals surface area contributed by atoms with Gasteiger partial charge < -0.3 is 10.1 Å². The molecule has 3 aromatic rings. The molecule has 0 fully saturated rings. The SMILES string of the molecule is CC(=O)c1cccc(-c2ncc(C)c(NCCOc3ccccc3)n2)c1. The largest absolute Gasteiger partial charge is 0.492 e. The second-order valence-corrected chi connectivity index (χ2v) is 5.95. The van der Waals surface area contributed by atoms with Crippen molar-refractivity contribution in [3.05, 3.63) is 71.9 Å². The van der Waals surface area contributed by atoms with E-state index in [1.165, 1.54) is 0 Å². The van der Waals surface area contributed by atoms with Crippen molar-refractivity contribution in [3.8, 4) is 17.1 Å². The Hall–Kier alpha value is -3.21. The molecule has 3 rings (SSSR count). The van der Waals surface area contributed by atoms with Crippen LogP contribution in [0.25, 0.3) is 11.4 Å². The van der Waals surface area contributed by atoms with E-state index in [1.54, 1.807) is 19.2 Å². The summed E-state index contributed by atoms with van der Waals surface area (Å²) < 4.78 is 5.68. The van der Waals surface area contributed by atoms with Crippen molar-refractivity contribution in [2.75, 3.05) is 18.5 Å². The van der Waals surface area contributed by atoms with Crippen LogP contribution in [0.15, 0.2) is 60.8 Å². The van der Waals surface area contributed by atoms with Gasteiger partial charge in [-0.25, -0.2) is 9.97 Å². The van der Waals surface area contributed by atoms with Gasteiger partial charge in [0.25, 0.3) is 0 Å². The lowest BCUT2D eigenvalue weighted by atomic mass is 10.1. The zero-order valence-corrected chi connectivity index (χ0v) is 14.9. The number of Topliss-reactive ketones (excluding diaryl/α,β-unsaturated/α-hetero) is 1. The van der Waals surface area contributed by atoms with Crippen LogP contribution in [0, 0.1) is 6.92 Å². The molecule has 0 aliphatic carbocycles. The van der Waals surface area contributed by atoms with Crippen LogP contribution in [0.1, 0.15) is 22.8 Å². The molecule has 0 aliphatic rings. The minimum absolute atomic E-state index is 0.0235. The highest BCUT2D eigenvalue weighted by molar-refractivity contribution is 5.95. The van der Waals surface area contributed by atoms with E-state index in [2.05, 4.69) is 15.3 Å². The molecule has 1 aromatic heterocycles. The summed E-state index contributed by atoms with van der Waals surface area (Å²) >= 11 is 0. The van der Waals surface area contributed by atoms with Crippen LogP contribution >= 0.6 is 0 Å². The van der Waals surface area contributed by atoms with Crippen LogP contribution in [0.2, 0.25) is 0 Å². The predicted octanol–water partition coefficient (Wildman–Crippen LogP) is 4.15. The molecule has 0 aliphatic heterocycles. The van der Waals surface area contributed by atoms with Crippen molar-refractivity contribution in [1.29, 1.82) is 0 Å². The Morgan fingerprint density at radius 1 is 1.12 bits per heavy atom. The van der Waals surface area contributed by atoms with Gasteiger partial charge in [0, 0.05) is 22.9 Å². The minimum atomic E-state index is 0.0235. The summed E-state index contributed by atoms with van der Waals surface area (Å²) in [5.41, 5.74) is 2.43. The first-order valence-electron chi connectivity index (χ1n) is 8.50. The molecule has 2 aromatic carbocycles. The number of nitrogens with zero attached hydrogens (tertiary/aromatic N) is 2. The number of ether oxygens (including phenoxy) is 1. The minimum Gasteiger partial charge on any atom is -0.492 e. The highest BCUT2D eigenvalue weighted by Crippen LogP contribution is 2.20. The van der Waals surface area contributed by atoms with Crippen LogP contribution in [-0.4, -0.2) is 28.9 Å². The van der Waals surface area contributed by atoms with Gasteiger partial charge in [-0.2, -0.15) is 0 Å². The van der Waals surface area contributed by atoms with Crippen molar-refractivity contribution in [3.63, 3.8) is 0 Å². The summed E-state index contributed by atoms with van der Waals surface area (Å²) in [6, 6.07) is 17.0. The molecule has 0 saturated carbocycles. The molecule has 0 saturated heterocycles. The average Bonchev–Trinajstić information content (AvgIpc) is 2.67. The second kappa shape index (κ2) is 8.25. The Kier molecular flexibility index (Phi) is 5.59. The monoisotopic (exact) mass is 347 g/mol. The molecule has 0 spiro atoms. The summed E-state index contributed by atoms with van der Waals surface area (Å²) in [5.74, 6) is 2.22. The number of carbonyl (C=O) groups excluding carboxylic acids is 1. The molecule has 1 heterocycles. The van der Waals surface area contributed by atoms with Crippen molar-refractivity contribution in [2.45, 2.75) is 13.8 Å². The fourth-order valence-electron chi connectivity index (χ4n) is 2.49. The second-order valence-electron chi connectivity index (χ2n) is 5.95. The summed E-state index contributed by atoms with van der Waals surface area (Å²) in [6.07, 6.45) is 1.78. The van der Waals surface area contributed by atoms with E-state index in [0.29, 0.717) is 24.5 Å². The summed E-state index contributed by atoms with van der Waals surface area (Å²) in [7, 11) is 0. The number of nitrogens with one attached hydrogen (secondary N) is 1. The van der Waals surface area contributed by atoms with E-state index in [0.717, 1.165) is 22.7 Å². The smallest absolute Gasteiger partial charge is 0.161 e. The number of carbonyl (C=O) groups is 1. The van der Waals surface area contributed by atoms with Crippen LogP contribution in [0.4, 0.5) is 5.82 Å². The Labute approximate surface area is 153 Å². The molecule has 0 bridgehead atoms. The van der Waals surface area contributed by atoms with Crippen molar-refractivity contribution >= 4 is 11.6 Å². The number of aromatic nitrogens is 2. The molecule has 1 N–H and O–H groups in total. The Morgan fingerprint density at radius 2 is 1.92 bits per heavy atom. The van der Waals surface area contributed by atoms with Crippen molar-refractivity contribution in [1.82, 2.24) is 9.97 Å². The quantitative estimate of drug-likeness (QED) is 0.514. The summed E-state index contributed by atoms with van der Waals surface area (Å²) in [5, 5.41) is 3.29. The number of ketones is 1. The van der Waals surface area contributed by atoms with E-state index in [1.807, 2.05) is 55.5 Å². The number of aryl methyl sites for hydroxylation is 1. The van der Waals surface area contributed by atoms with E-state index in [-0.39, 0.29) is 5.78 Å². The number of rotatable bonds is 7. The Morgan fingerprint density at radius 3 is 2.69 bits per heavy atom. The van der Waals surface area contributed by atoms with E-state index in [4.69, 9.17) is 4.74 Å². The molecule has 0 radical (unpaired) electrons. The lowest BCUT2D eigenvalue weighted by Crippen LogP contribution is -2.13. The van der Waals surface area contributed by atoms with Gasteiger partial charge in [0.15, 0.2) is 11.6 Å². The first-order chi connectivity index (χ1) is 12.6. The first-order valence-corrected chi connectivity index (χ1v) is 8.50. The molecule has 26 heavy (non-hydrogen) atoms. The van der Waals surface area contributed by atoms with Gasteiger partial charge >= 0.3 is 0 Å². The average molecular weight is 347 g/mol. The van der Waals surface area contributed by atoms with Crippen LogP contribution in [0.5, 0.6) is 5.75 Å². The third-order valence-electron chi connectivity index (χ3n) is 3.91. The van der Waals surface area contributed by atoms with Crippen LogP contribution < -0.4 is 10.1 Å². The fraction of sp³-hybridized carbons (Fsp3) is 0.190. The molecule has 5 nitrogen and oxygen atoms in total. The van der Waals surface area contributed by atoms with Gasteiger partial charge in [0.2, 0.25) is 0 Å². The van der Waals surface area contributed by atoms with E-state index in [9.17, 15) is 4.79 Å². The third kappa shape index (κ3) is 4.45. The number of para-hydroxylation sites is 1. The molecular formula is C21H21N3O2. The van der Waals surface area contributed by atoms with Crippen molar-refractivity contribution in [2.24, 2.45) is 0 Å². The summed E-state index contributed by atoms with van der Waals surface area (Å²) in [4.78, 5) is 20.6. The van der Waals surface area contributed by atoms with Gasteiger partial charge in [-0.05, 0) is 32.0 Å². The van der Waals surface area contributed by atoms with Crippen LogP contribution in [0.3, 0.4) is 0 Å². The maximum atomic E-state index is 11.6. The highest BCUT2D eigenvalue weighted by Gasteiger charge is 2.08.